The average molecular weight is 565 g/mol. The van der Waals surface area contributed by atoms with E-state index in [2.05, 4.69) is 174 Å². The van der Waals surface area contributed by atoms with Crippen molar-refractivity contribution in [2.24, 2.45) is 0 Å². The van der Waals surface area contributed by atoms with E-state index in [1.807, 2.05) is 0 Å². The molecular weight excluding hydrogens is 532 g/mol. The van der Waals surface area contributed by atoms with Crippen molar-refractivity contribution in [3.8, 4) is 39.1 Å². The van der Waals surface area contributed by atoms with E-state index in [1.165, 1.54) is 61.2 Å². The van der Waals surface area contributed by atoms with Crippen LogP contribution in [0.25, 0.3) is 56.0 Å². The molecule has 0 saturated carbocycles. The Morgan fingerprint density at radius 1 is 0.477 bits per heavy atom. The van der Waals surface area contributed by atoms with Crippen LogP contribution in [0.2, 0.25) is 0 Å². The van der Waals surface area contributed by atoms with Gasteiger partial charge in [-0.3, -0.25) is 0 Å². The Morgan fingerprint density at radius 3 is 1.70 bits per heavy atom. The Morgan fingerprint density at radius 2 is 1.02 bits per heavy atom. The summed E-state index contributed by atoms with van der Waals surface area (Å²) in [6, 6.07) is 54.3. The third-order valence-corrected chi connectivity index (χ3v) is 8.69. The maximum absolute atomic E-state index is 3.57. The van der Waals surface area contributed by atoms with Gasteiger partial charge in [0, 0.05) is 33.7 Å². The van der Waals surface area contributed by atoms with E-state index >= 15 is 0 Å². The van der Waals surface area contributed by atoms with Gasteiger partial charge in [0.2, 0.25) is 0 Å². The van der Waals surface area contributed by atoms with Crippen molar-refractivity contribution in [2.45, 2.75) is 12.8 Å². The van der Waals surface area contributed by atoms with E-state index in [0.29, 0.717) is 0 Å². The molecule has 0 atom stereocenters. The van der Waals surface area contributed by atoms with Gasteiger partial charge in [0.25, 0.3) is 0 Å². The van der Waals surface area contributed by atoms with E-state index in [1.54, 1.807) is 0 Å². The predicted molar refractivity (Wildman–Crippen MR) is 187 cm³/mol. The molecule has 1 aliphatic rings. The zero-order chi connectivity index (χ0) is 29.3. The third-order valence-electron chi connectivity index (χ3n) is 8.69. The Labute approximate surface area is 258 Å². The first-order valence-electron chi connectivity index (χ1n) is 15.3. The van der Waals surface area contributed by atoms with Gasteiger partial charge in [-0.15, -0.1) is 0 Å². The number of nitrogens with one attached hydrogen (secondary N) is 1. The summed E-state index contributed by atoms with van der Waals surface area (Å²) in [6.45, 7) is 0. The smallest absolute Gasteiger partial charge is 0.0537 e. The van der Waals surface area contributed by atoms with Gasteiger partial charge in [-0.25, -0.2) is 0 Å². The number of allylic oxidation sites excluding steroid dienone is 1. The molecule has 0 radical (unpaired) electrons. The Bertz CT molecular complexity index is 2100. The van der Waals surface area contributed by atoms with Gasteiger partial charge < -0.3 is 9.88 Å². The van der Waals surface area contributed by atoms with Crippen LogP contribution in [0.3, 0.4) is 0 Å². The Balaban J connectivity index is 1.00. The molecule has 1 aliphatic carbocycles. The molecule has 0 saturated heterocycles. The molecule has 0 amide bonds. The van der Waals surface area contributed by atoms with Crippen LogP contribution in [0.4, 0.5) is 11.4 Å². The lowest BCUT2D eigenvalue weighted by atomic mass is 9.94. The minimum atomic E-state index is 1.07. The van der Waals surface area contributed by atoms with Crippen molar-refractivity contribution < 1.29 is 0 Å². The molecule has 0 unspecified atom stereocenters. The minimum absolute atomic E-state index is 1.07. The highest BCUT2D eigenvalue weighted by Gasteiger charge is 2.18. The fourth-order valence-corrected chi connectivity index (χ4v) is 6.52. The first-order valence-corrected chi connectivity index (χ1v) is 15.3. The lowest BCUT2D eigenvalue weighted by molar-refractivity contribution is 0.888. The summed E-state index contributed by atoms with van der Waals surface area (Å²) in [5.41, 5.74) is 14.8. The zero-order valence-corrected chi connectivity index (χ0v) is 24.4. The van der Waals surface area contributed by atoms with Crippen LogP contribution in [-0.2, 0) is 6.42 Å². The second-order valence-corrected chi connectivity index (χ2v) is 11.4. The molecule has 1 aromatic heterocycles. The van der Waals surface area contributed by atoms with Crippen LogP contribution in [0.15, 0.2) is 158 Å². The summed E-state index contributed by atoms with van der Waals surface area (Å²) in [4.78, 5) is 0. The molecule has 0 bridgehead atoms. The molecule has 6 aromatic carbocycles. The molecule has 1 heterocycles. The van der Waals surface area contributed by atoms with Crippen LogP contribution in [0.1, 0.15) is 17.7 Å². The number of hydrogen-bond donors (Lipinski definition) is 1. The quantitative estimate of drug-likeness (QED) is 0.213. The fourth-order valence-electron chi connectivity index (χ4n) is 6.52. The second-order valence-electron chi connectivity index (χ2n) is 11.4. The summed E-state index contributed by atoms with van der Waals surface area (Å²) in [5, 5.41) is 4.90. The Hall–Kier alpha value is -5.60. The Kier molecular flexibility index (Phi) is 6.66. The lowest BCUT2D eigenvalue weighted by Crippen LogP contribution is -2.02. The highest BCUT2D eigenvalue weighted by molar-refractivity contribution is 5.93. The van der Waals surface area contributed by atoms with Crippen LogP contribution in [0, 0.1) is 0 Å². The van der Waals surface area contributed by atoms with Crippen molar-refractivity contribution >= 4 is 28.4 Å². The van der Waals surface area contributed by atoms with Crippen LogP contribution in [0.5, 0.6) is 0 Å². The number of fused-ring (bicyclic) bond motifs is 3. The number of nitrogens with zero attached hydrogens (tertiary/aromatic N) is 1. The van der Waals surface area contributed by atoms with Gasteiger partial charge in [0.1, 0.15) is 0 Å². The molecule has 8 rings (SSSR count). The molecule has 44 heavy (non-hydrogen) atoms. The summed E-state index contributed by atoms with van der Waals surface area (Å²) in [5.74, 6) is 0. The van der Waals surface area contributed by atoms with E-state index in [0.717, 1.165) is 24.2 Å². The van der Waals surface area contributed by atoms with Gasteiger partial charge in [-0.1, -0.05) is 121 Å². The SMILES string of the molecule is C1=Cc2c(n(-c3ccc(-c4ccc(Nc5ccc(-c6ccccc6-c6ccccc6)cc5)cc4)cc3)c3ccccc23)CC1. The molecule has 1 N–H and O–H groups in total. The third kappa shape index (κ3) is 4.81. The summed E-state index contributed by atoms with van der Waals surface area (Å²) in [6.07, 6.45) is 6.75. The number of hydrogen-bond acceptors (Lipinski definition) is 1. The van der Waals surface area contributed by atoms with E-state index in [4.69, 9.17) is 0 Å². The van der Waals surface area contributed by atoms with Crippen molar-refractivity contribution in [3.63, 3.8) is 0 Å². The number of anilines is 2. The van der Waals surface area contributed by atoms with E-state index in [-0.39, 0.29) is 0 Å². The molecule has 2 nitrogen and oxygen atoms in total. The highest BCUT2D eigenvalue weighted by atomic mass is 15.0. The van der Waals surface area contributed by atoms with Gasteiger partial charge in [0.15, 0.2) is 0 Å². The number of para-hydroxylation sites is 1. The maximum Gasteiger partial charge on any atom is 0.0537 e. The molecule has 2 heteroatoms. The summed E-state index contributed by atoms with van der Waals surface area (Å²) >= 11 is 0. The first-order chi connectivity index (χ1) is 21.8. The highest BCUT2D eigenvalue weighted by Crippen LogP contribution is 2.35. The van der Waals surface area contributed by atoms with Crippen molar-refractivity contribution in [1.82, 2.24) is 4.57 Å². The van der Waals surface area contributed by atoms with Crippen LogP contribution >= 0.6 is 0 Å². The van der Waals surface area contributed by atoms with Crippen molar-refractivity contribution in [3.05, 3.63) is 169 Å². The lowest BCUT2D eigenvalue weighted by Gasteiger charge is -2.14. The minimum Gasteiger partial charge on any atom is -0.356 e. The number of aromatic nitrogens is 1. The standard InChI is InChI=1S/C42H32N2/c1-2-10-32(11-3-1)37-12-4-5-13-38(37)33-20-26-35(27-21-33)43-34-24-18-30(19-25-34)31-22-28-36(29-23-31)44-41-16-8-6-14-39(41)40-15-7-9-17-42(40)44/h1-8,10-16,18-29,43H,9,17H2. The monoisotopic (exact) mass is 564 g/mol. The number of rotatable bonds is 6. The summed E-state index contributed by atoms with van der Waals surface area (Å²) < 4.78 is 2.44. The normalized spacial score (nSPS) is 12.3. The molecule has 7 aromatic rings. The number of benzene rings is 6. The van der Waals surface area contributed by atoms with E-state index in [9.17, 15) is 0 Å². The molecule has 0 aliphatic heterocycles. The predicted octanol–water partition coefficient (Wildman–Crippen LogP) is 11.3. The van der Waals surface area contributed by atoms with Crippen molar-refractivity contribution in [2.75, 3.05) is 5.32 Å². The van der Waals surface area contributed by atoms with Crippen LogP contribution in [-0.4, -0.2) is 4.57 Å². The average Bonchev–Trinajstić information content (AvgIpc) is 3.44. The summed E-state index contributed by atoms with van der Waals surface area (Å²) in [7, 11) is 0. The maximum atomic E-state index is 3.57. The molecular formula is C42H32N2. The van der Waals surface area contributed by atoms with Gasteiger partial charge >= 0.3 is 0 Å². The molecule has 210 valence electrons. The topological polar surface area (TPSA) is 17.0 Å². The van der Waals surface area contributed by atoms with Gasteiger partial charge in [-0.2, -0.15) is 0 Å². The van der Waals surface area contributed by atoms with Crippen LogP contribution < -0.4 is 5.32 Å². The van der Waals surface area contributed by atoms with Crippen molar-refractivity contribution in [1.29, 1.82) is 0 Å². The van der Waals surface area contributed by atoms with Gasteiger partial charge in [0.05, 0.1) is 5.52 Å². The molecule has 0 spiro atoms. The zero-order valence-electron chi connectivity index (χ0n) is 24.4. The fraction of sp³-hybridized carbons (Fsp3) is 0.0476. The van der Waals surface area contributed by atoms with E-state index < -0.39 is 0 Å². The first kappa shape index (κ1) is 26.1. The second kappa shape index (κ2) is 11.2. The largest absolute Gasteiger partial charge is 0.356 e. The molecule has 0 fully saturated rings. The van der Waals surface area contributed by atoms with Gasteiger partial charge in [-0.05, 0) is 88.7 Å².